The van der Waals surface area contributed by atoms with Crippen molar-refractivity contribution in [2.75, 3.05) is 4.90 Å². The van der Waals surface area contributed by atoms with Gasteiger partial charge in [-0.2, -0.15) is 0 Å². The van der Waals surface area contributed by atoms with Crippen LogP contribution in [0.25, 0.3) is 91.5 Å². The monoisotopic (exact) mass is 782 g/mol. The second-order valence-electron chi connectivity index (χ2n) is 16.7. The van der Waals surface area contributed by atoms with E-state index in [1.165, 1.54) is 108 Å². The Morgan fingerprint density at radius 2 is 1.05 bits per heavy atom. The Hall–Kier alpha value is -7.20. The Kier molecular flexibility index (Phi) is 7.11. The molecule has 0 fully saturated rings. The van der Waals surface area contributed by atoms with Gasteiger partial charge in [-0.1, -0.05) is 152 Å². The number of nitrogens with zero attached hydrogens (tertiary/aromatic N) is 2. The van der Waals surface area contributed by atoms with Crippen molar-refractivity contribution in [2.45, 2.75) is 18.4 Å². The molecule has 11 aromatic rings. The molecule has 1 aliphatic carbocycles. The Balaban J connectivity index is 0.949. The van der Waals surface area contributed by atoms with Crippen LogP contribution in [0, 0.1) is 0 Å². The summed E-state index contributed by atoms with van der Waals surface area (Å²) in [4.78, 5) is 2.58. The second kappa shape index (κ2) is 12.6. The molecule has 2 atom stereocenters. The van der Waals surface area contributed by atoms with Crippen molar-refractivity contribution in [3.8, 4) is 27.9 Å². The molecule has 0 bridgehead atoms. The zero-order valence-electron chi connectivity index (χ0n) is 33.0. The predicted molar refractivity (Wildman–Crippen MR) is 258 cm³/mol. The zero-order chi connectivity index (χ0) is 39.5. The summed E-state index contributed by atoms with van der Waals surface area (Å²) >= 11 is 1.97. The summed E-state index contributed by atoms with van der Waals surface area (Å²) in [5.41, 5.74) is 12.3. The molecule has 13 rings (SSSR count). The number of allylic oxidation sites excluding steroid dienone is 2. The van der Waals surface area contributed by atoms with E-state index in [1.807, 2.05) is 11.3 Å². The molecule has 3 heterocycles. The van der Waals surface area contributed by atoms with Crippen LogP contribution in [-0.4, -0.2) is 10.6 Å². The average molecular weight is 783 g/mol. The first-order valence-electron chi connectivity index (χ1n) is 20.9. The average Bonchev–Trinajstić information content (AvgIpc) is 3.94. The molecule has 60 heavy (non-hydrogen) atoms. The third-order valence-corrected chi connectivity index (χ3v) is 14.7. The minimum Gasteiger partial charge on any atom is -0.333 e. The summed E-state index contributed by atoms with van der Waals surface area (Å²) in [6, 6.07) is 67.6. The molecule has 2 unspecified atom stereocenters. The SMILES string of the molecule is CC12C=CC=CC1N(c1ccc(-c3ccc4ccccc4c3)cc1)c1ccc3c(sc4c3ccc3c4c4ccccc4n3-c3ccc(-c4ccc5ccccc5c4)cc3)c12. The fourth-order valence-electron chi connectivity index (χ4n) is 10.5. The molecule has 2 aromatic heterocycles. The number of anilines is 2. The maximum absolute atomic E-state index is 2.58. The number of fused-ring (bicyclic) bond motifs is 13. The van der Waals surface area contributed by atoms with Crippen molar-refractivity contribution in [1.82, 2.24) is 4.57 Å². The number of thiophene rings is 1. The van der Waals surface area contributed by atoms with E-state index in [2.05, 4.69) is 223 Å². The maximum atomic E-state index is 2.58. The smallest absolute Gasteiger partial charge is 0.0655 e. The van der Waals surface area contributed by atoms with Crippen molar-refractivity contribution in [1.29, 1.82) is 0 Å². The molecule has 0 saturated heterocycles. The number of hydrogen-bond donors (Lipinski definition) is 0. The van der Waals surface area contributed by atoms with E-state index in [0.29, 0.717) is 0 Å². The largest absolute Gasteiger partial charge is 0.333 e. The maximum Gasteiger partial charge on any atom is 0.0655 e. The first kappa shape index (κ1) is 33.7. The number of aromatic nitrogens is 1. The molecule has 0 saturated carbocycles. The Morgan fingerprint density at radius 3 is 1.75 bits per heavy atom. The molecular formula is C57H38N2S. The van der Waals surface area contributed by atoms with Crippen LogP contribution in [0.3, 0.4) is 0 Å². The molecule has 0 N–H and O–H groups in total. The summed E-state index contributed by atoms with van der Waals surface area (Å²) < 4.78 is 5.19. The first-order valence-corrected chi connectivity index (χ1v) is 21.7. The highest BCUT2D eigenvalue weighted by molar-refractivity contribution is 7.27. The predicted octanol–water partition coefficient (Wildman–Crippen LogP) is 15.7. The van der Waals surface area contributed by atoms with Gasteiger partial charge in [0.05, 0.1) is 17.1 Å². The Labute approximate surface area is 352 Å². The number of benzene rings is 9. The van der Waals surface area contributed by atoms with Crippen LogP contribution in [-0.2, 0) is 5.41 Å². The number of para-hydroxylation sites is 1. The minimum atomic E-state index is -0.193. The Bertz CT molecular complexity index is 3620. The lowest BCUT2D eigenvalue weighted by atomic mass is 9.76. The van der Waals surface area contributed by atoms with Crippen molar-refractivity contribution in [3.05, 3.63) is 212 Å². The third-order valence-electron chi connectivity index (χ3n) is 13.4. The highest BCUT2D eigenvalue weighted by Crippen LogP contribution is 2.57. The van der Waals surface area contributed by atoms with Crippen LogP contribution in [0.15, 0.2) is 206 Å². The third kappa shape index (κ3) is 4.81. The van der Waals surface area contributed by atoms with Crippen molar-refractivity contribution >= 4 is 86.2 Å². The lowest BCUT2D eigenvalue weighted by Gasteiger charge is -2.34. The molecule has 0 amide bonds. The van der Waals surface area contributed by atoms with Crippen LogP contribution in [0.1, 0.15) is 12.5 Å². The summed E-state index contributed by atoms with van der Waals surface area (Å²) in [6.45, 7) is 2.44. The summed E-state index contributed by atoms with van der Waals surface area (Å²) in [7, 11) is 0. The standard InChI is InChI=1S/C57H38N2S/c1-57-33-9-8-16-52(57)59(45-27-23-39(24-28-45)43-20-18-37-11-3-5-13-41(37)35-43)51-32-30-47-46-29-31-50-53(55(46)60-56(47)54(51)57)48-14-6-7-15-49(48)58(50)44-25-21-38(22-26-44)42-19-17-36-10-2-4-12-40(36)34-42/h2-35,52H,1H3. The van der Waals surface area contributed by atoms with E-state index in [0.717, 1.165) is 0 Å². The number of rotatable bonds is 4. The molecule has 2 aliphatic rings. The van der Waals surface area contributed by atoms with Gasteiger partial charge in [0.25, 0.3) is 0 Å². The minimum absolute atomic E-state index is 0.166. The summed E-state index contributed by atoms with van der Waals surface area (Å²) in [5, 5.41) is 10.3. The molecule has 282 valence electrons. The molecular weight excluding hydrogens is 745 g/mol. The van der Waals surface area contributed by atoms with Crippen LogP contribution in [0.4, 0.5) is 11.4 Å². The van der Waals surface area contributed by atoms with Crippen molar-refractivity contribution < 1.29 is 0 Å². The molecule has 0 spiro atoms. The second-order valence-corrected chi connectivity index (χ2v) is 17.7. The Morgan fingerprint density at radius 1 is 0.467 bits per heavy atom. The van der Waals surface area contributed by atoms with Gasteiger partial charge in [0, 0.05) is 59.0 Å². The van der Waals surface area contributed by atoms with Crippen LogP contribution in [0.5, 0.6) is 0 Å². The van der Waals surface area contributed by atoms with E-state index < -0.39 is 0 Å². The normalized spacial score (nSPS) is 17.1. The van der Waals surface area contributed by atoms with E-state index in [1.54, 1.807) is 0 Å². The van der Waals surface area contributed by atoms with E-state index in [4.69, 9.17) is 0 Å². The zero-order valence-corrected chi connectivity index (χ0v) is 33.8. The quantitative estimate of drug-likeness (QED) is 0.173. The van der Waals surface area contributed by atoms with Gasteiger partial charge in [0.2, 0.25) is 0 Å². The topological polar surface area (TPSA) is 8.17 Å². The van der Waals surface area contributed by atoms with E-state index in [9.17, 15) is 0 Å². The van der Waals surface area contributed by atoms with Crippen LogP contribution >= 0.6 is 11.3 Å². The first-order chi connectivity index (χ1) is 29.6. The molecule has 0 radical (unpaired) electrons. The van der Waals surface area contributed by atoms with Crippen molar-refractivity contribution in [3.63, 3.8) is 0 Å². The molecule has 9 aromatic carbocycles. The van der Waals surface area contributed by atoms with Crippen molar-refractivity contribution in [2.24, 2.45) is 0 Å². The highest BCUT2D eigenvalue weighted by Gasteiger charge is 2.48. The van der Waals surface area contributed by atoms with Gasteiger partial charge >= 0.3 is 0 Å². The highest BCUT2D eigenvalue weighted by atomic mass is 32.1. The lowest BCUT2D eigenvalue weighted by Crippen LogP contribution is -2.39. The van der Waals surface area contributed by atoms with Gasteiger partial charge in [-0.05, 0) is 105 Å². The van der Waals surface area contributed by atoms with E-state index >= 15 is 0 Å². The lowest BCUT2D eigenvalue weighted by molar-refractivity contribution is 0.554. The fraction of sp³-hybridized carbons (Fsp3) is 0.0526. The number of hydrogen-bond acceptors (Lipinski definition) is 2. The van der Waals surface area contributed by atoms with Gasteiger partial charge in [-0.25, -0.2) is 0 Å². The van der Waals surface area contributed by atoms with E-state index in [-0.39, 0.29) is 11.5 Å². The van der Waals surface area contributed by atoms with Gasteiger partial charge in [0.1, 0.15) is 0 Å². The molecule has 1 aliphatic heterocycles. The van der Waals surface area contributed by atoms with Gasteiger partial charge in [0.15, 0.2) is 0 Å². The van der Waals surface area contributed by atoms with Gasteiger partial charge < -0.3 is 9.47 Å². The van der Waals surface area contributed by atoms with Gasteiger partial charge in [-0.3, -0.25) is 0 Å². The fourth-order valence-corrected chi connectivity index (χ4v) is 12.0. The van der Waals surface area contributed by atoms with Crippen LogP contribution in [0.2, 0.25) is 0 Å². The van der Waals surface area contributed by atoms with Crippen LogP contribution < -0.4 is 4.90 Å². The molecule has 3 heteroatoms. The molecule has 2 nitrogen and oxygen atoms in total. The summed E-state index contributed by atoms with van der Waals surface area (Å²) in [6.07, 6.45) is 9.31. The summed E-state index contributed by atoms with van der Waals surface area (Å²) in [5.74, 6) is 0. The van der Waals surface area contributed by atoms with Gasteiger partial charge in [-0.15, -0.1) is 11.3 Å².